The van der Waals surface area contributed by atoms with E-state index in [1.54, 1.807) is 5.38 Å². The lowest BCUT2D eigenvalue weighted by Gasteiger charge is -2.33. The minimum atomic E-state index is -3.89. The Labute approximate surface area is 238 Å². The monoisotopic (exact) mass is 584 g/mol. The molecule has 0 bridgehead atoms. The van der Waals surface area contributed by atoms with Crippen LogP contribution in [0.5, 0.6) is 0 Å². The minimum absolute atomic E-state index is 0.0413. The van der Waals surface area contributed by atoms with E-state index >= 15 is 0 Å². The molecule has 3 aromatic carbocycles. The summed E-state index contributed by atoms with van der Waals surface area (Å²) >= 11 is 1.14. The van der Waals surface area contributed by atoms with Crippen molar-refractivity contribution in [1.29, 1.82) is 0 Å². The Morgan fingerprint density at radius 2 is 1.49 bits per heavy atom. The van der Waals surface area contributed by atoms with Crippen molar-refractivity contribution in [3.63, 3.8) is 0 Å². The van der Waals surface area contributed by atoms with Crippen molar-refractivity contribution in [1.82, 2.24) is 25.6 Å². The van der Waals surface area contributed by atoms with Gasteiger partial charge >= 0.3 is 6.03 Å². The maximum atomic E-state index is 13.1. The topological polar surface area (TPSA) is 150 Å². The van der Waals surface area contributed by atoms with Crippen molar-refractivity contribution in [2.45, 2.75) is 4.90 Å². The van der Waals surface area contributed by atoms with Crippen LogP contribution in [0.2, 0.25) is 0 Å². The molecule has 12 nitrogen and oxygen atoms in total. The average Bonchev–Trinajstić information content (AvgIpc) is 3.50. The lowest BCUT2D eigenvalue weighted by molar-refractivity contribution is -0.117. The molecule has 1 aliphatic rings. The van der Waals surface area contributed by atoms with Gasteiger partial charge in [0.25, 0.3) is 21.9 Å². The molecule has 0 aliphatic carbocycles. The molecule has 204 valence electrons. The summed E-state index contributed by atoms with van der Waals surface area (Å²) in [6, 6.07) is 23.5. The van der Waals surface area contributed by atoms with E-state index in [0.29, 0.717) is 11.4 Å². The zero-order valence-corrected chi connectivity index (χ0v) is 22.7. The summed E-state index contributed by atoms with van der Waals surface area (Å²) in [5, 5.41) is 11.7. The third-order valence-corrected chi connectivity index (χ3v) is 8.22. The summed E-state index contributed by atoms with van der Waals surface area (Å²) in [7, 11) is -3.89. The largest absolute Gasteiger partial charge is 0.347 e. The maximum absolute atomic E-state index is 13.1. The fraction of sp³-hybridized carbons (Fsp3) is 0.0370. The van der Waals surface area contributed by atoms with Crippen molar-refractivity contribution in [3.8, 4) is 22.5 Å². The summed E-state index contributed by atoms with van der Waals surface area (Å²) in [4.78, 5) is 35.7. The summed E-state index contributed by atoms with van der Waals surface area (Å²) in [5.74, 6) is -0.526. The first kappa shape index (κ1) is 26.0. The number of hydrazine groups is 1. The molecule has 5 aromatic rings. The molecule has 0 unspecified atom stereocenters. The third kappa shape index (κ3) is 5.33. The molecule has 3 amide bonds. The molecule has 0 radical (unpaired) electrons. The predicted molar refractivity (Wildman–Crippen MR) is 153 cm³/mol. The highest BCUT2D eigenvalue weighted by atomic mass is 32.2. The third-order valence-electron chi connectivity index (χ3n) is 6.05. The number of sulfonamides is 1. The first-order chi connectivity index (χ1) is 19.9. The van der Waals surface area contributed by atoms with E-state index in [1.807, 2.05) is 60.7 Å². The number of benzene rings is 3. The van der Waals surface area contributed by atoms with E-state index in [-0.39, 0.29) is 28.2 Å². The van der Waals surface area contributed by atoms with Crippen LogP contribution in [0.4, 0.5) is 21.6 Å². The van der Waals surface area contributed by atoms with E-state index in [4.69, 9.17) is 0 Å². The van der Waals surface area contributed by atoms with Gasteiger partial charge < -0.3 is 0 Å². The highest BCUT2D eigenvalue weighted by Gasteiger charge is 2.34. The predicted octanol–water partition coefficient (Wildman–Crippen LogP) is 3.94. The lowest BCUT2D eigenvalue weighted by atomic mass is 10.0. The number of amides is 3. The molecule has 0 saturated carbocycles. The van der Waals surface area contributed by atoms with Gasteiger partial charge in [-0.1, -0.05) is 60.7 Å². The Balaban J connectivity index is 1.24. The van der Waals surface area contributed by atoms with Gasteiger partial charge in [0, 0.05) is 22.7 Å². The van der Waals surface area contributed by atoms with Gasteiger partial charge in [0.15, 0.2) is 5.13 Å². The number of imide groups is 1. The molecule has 3 heterocycles. The van der Waals surface area contributed by atoms with Gasteiger partial charge in [0.05, 0.1) is 10.6 Å². The van der Waals surface area contributed by atoms with Crippen LogP contribution in [0.15, 0.2) is 101 Å². The van der Waals surface area contributed by atoms with Crippen molar-refractivity contribution in [3.05, 3.63) is 96.5 Å². The maximum Gasteiger partial charge on any atom is 0.347 e. The number of carbonyl (C=O) groups is 2. The van der Waals surface area contributed by atoms with E-state index < -0.39 is 22.0 Å². The van der Waals surface area contributed by atoms with Gasteiger partial charge in [-0.25, -0.2) is 38.5 Å². The zero-order valence-electron chi connectivity index (χ0n) is 21.1. The molecule has 1 fully saturated rings. The second kappa shape index (κ2) is 10.7. The molecular weight excluding hydrogens is 564 g/mol. The lowest BCUT2D eigenvalue weighted by Crippen LogP contribution is -2.61. The fourth-order valence-electron chi connectivity index (χ4n) is 4.15. The highest BCUT2D eigenvalue weighted by Crippen LogP contribution is 2.30. The fourth-order valence-corrected chi connectivity index (χ4v) is 5.94. The van der Waals surface area contributed by atoms with Crippen LogP contribution in [0.25, 0.3) is 22.5 Å². The van der Waals surface area contributed by atoms with Crippen LogP contribution < -0.4 is 20.1 Å². The number of aromatic nitrogens is 4. The number of hydrogen-bond donors (Lipinski definition) is 2. The number of hydrogen-bond acceptors (Lipinski definition) is 10. The van der Waals surface area contributed by atoms with Crippen LogP contribution in [-0.2, 0) is 14.8 Å². The van der Waals surface area contributed by atoms with E-state index in [1.165, 1.54) is 35.5 Å². The summed E-state index contributed by atoms with van der Waals surface area (Å²) in [5.41, 5.74) is 5.51. The molecule has 0 atom stereocenters. The number of nitrogens with zero attached hydrogens (tertiary/aromatic N) is 6. The van der Waals surface area contributed by atoms with Crippen molar-refractivity contribution in [2.24, 2.45) is 0 Å². The molecule has 1 saturated heterocycles. The first-order valence-electron chi connectivity index (χ1n) is 12.2. The Hall–Kier alpha value is -5.21. The average molecular weight is 585 g/mol. The summed E-state index contributed by atoms with van der Waals surface area (Å²) in [6.07, 6.45) is 1.48. The number of urea groups is 1. The molecule has 1 aliphatic heterocycles. The molecular formula is C27H20N8O4S2. The number of anilines is 3. The Bertz CT molecular complexity index is 1800. The van der Waals surface area contributed by atoms with Crippen molar-refractivity contribution in [2.75, 3.05) is 21.2 Å². The zero-order chi connectivity index (χ0) is 28.4. The molecule has 6 rings (SSSR count). The van der Waals surface area contributed by atoms with Gasteiger partial charge in [-0.05, 0) is 24.3 Å². The normalized spacial score (nSPS) is 13.7. The first-order valence-corrected chi connectivity index (χ1v) is 14.5. The van der Waals surface area contributed by atoms with Gasteiger partial charge in [-0.15, -0.1) is 21.5 Å². The molecule has 14 heteroatoms. The summed E-state index contributed by atoms with van der Waals surface area (Å²) in [6.45, 7) is -0.280. The van der Waals surface area contributed by atoms with Gasteiger partial charge in [0.1, 0.15) is 17.9 Å². The van der Waals surface area contributed by atoms with Crippen molar-refractivity contribution >= 4 is 50.1 Å². The van der Waals surface area contributed by atoms with Crippen LogP contribution in [-0.4, -0.2) is 47.1 Å². The molecule has 41 heavy (non-hydrogen) atoms. The Kier molecular flexibility index (Phi) is 6.83. The second-order valence-corrected chi connectivity index (χ2v) is 11.3. The van der Waals surface area contributed by atoms with Gasteiger partial charge in [-0.3, -0.25) is 9.52 Å². The van der Waals surface area contributed by atoms with Gasteiger partial charge in [0.2, 0.25) is 0 Å². The van der Waals surface area contributed by atoms with E-state index in [2.05, 4.69) is 30.3 Å². The smallest absolute Gasteiger partial charge is 0.272 e. The quantitative estimate of drug-likeness (QED) is 0.290. The van der Waals surface area contributed by atoms with Crippen LogP contribution >= 0.6 is 11.3 Å². The SMILES string of the molecule is O=C1CN(c2nnc(-c3ccccc3)c(-c3ccccc3)n2)NC(=O)N1c1ccc(S(=O)(=O)Nc2nccs2)cc1. The standard InChI is InChI=1S/C27H20N8O4S2/c36-22-17-34(25-29-23(18-7-3-1-4-8-18)24(30-31-25)19-9-5-2-6-10-19)32-27(37)35(22)20-11-13-21(14-12-20)41(38,39)33-26-28-15-16-40-26/h1-16H,17H2,(H,28,33)(H,32,37). The Morgan fingerprint density at radius 3 is 2.10 bits per heavy atom. The van der Waals surface area contributed by atoms with E-state index in [0.717, 1.165) is 27.4 Å². The number of thiazole rings is 1. The second-order valence-electron chi connectivity index (χ2n) is 8.71. The highest BCUT2D eigenvalue weighted by molar-refractivity contribution is 7.93. The van der Waals surface area contributed by atoms with Gasteiger partial charge in [-0.2, -0.15) is 0 Å². The number of rotatable bonds is 7. The molecule has 2 N–H and O–H groups in total. The number of nitrogens with one attached hydrogen (secondary N) is 2. The summed E-state index contributed by atoms with van der Waals surface area (Å²) < 4.78 is 27.6. The molecule has 2 aromatic heterocycles. The minimum Gasteiger partial charge on any atom is -0.272 e. The Morgan fingerprint density at radius 1 is 0.829 bits per heavy atom. The van der Waals surface area contributed by atoms with E-state index in [9.17, 15) is 18.0 Å². The van der Waals surface area contributed by atoms with Crippen LogP contribution in [0.3, 0.4) is 0 Å². The van der Waals surface area contributed by atoms with Crippen LogP contribution in [0, 0.1) is 0 Å². The molecule has 0 spiro atoms. The number of carbonyl (C=O) groups excluding carboxylic acids is 2. The van der Waals surface area contributed by atoms with Crippen molar-refractivity contribution < 1.29 is 18.0 Å². The van der Waals surface area contributed by atoms with Crippen LogP contribution in [0.1, 0.15) is 0 Å².